The fourth-order valence-corrected chi connectivity index (χ4v) is 3.85. The van der Waals surface area contributed by atoms with Gasteiger partial charge < -0.3 is 25.3 Å². The summed E-state index contributed by atoms with van der Waals surface area (Å²) in [4.78, 5) is 29.6. The summed E-state index contributed by atoms with van der Waals surface area (Å²) in [5.41, 5.74) is 2.94. The first-order valence-corrected chi connectivity index (χ1v) is 12.2. The van der Waals surface area contributed by atoms with Crippen LogP contribution in [0, 0.1) is 5.92 Å². The zero-order valence-electron chi connectivity index (χ0n) is 21.1. The van der Waals surface area contributed by atoms with E-state index in [4.69, 9.17) is 5.11 Å². The van der Waals surface area contributed by atoms with Crippen molar-refractivity contribution in [3.05, 3.63) is 89.8 Å². The van der Waals surface area contributed by atoms with E-state index in [0.717, 1.165) is 17.1 Å². The maximum absolute atomic E-state index is 12.8. The molecule has 0 aliphatic carbocycles. The highest BCUT2D eigenvalue weighted by Gasteiger charge is 2.30. The molecule has 0 spiro atoms. The Bertz CT molecular complexity index is 1050. The van der Waals surface area contributed by atoms with Gasteiger partial charge in [-0.1, -0.05) is 19.1 Å². The van der Waals surface area contributed by atoms with Crippen molar-refractivity contribution in [1.29, 1.82) is 0 Å². The molecule has 0 saturated heterocycles. The first kappa shape index (κ1) is 28.3. The monoisotopic (exact) mass is 509 g/mol. The Balaban J connectivity index is 1.63. The quantitative estimate of drug-likeness (QED) is 0.264. The van der Waals surface area contributed by atoms with Crippen molar-refractivity contribution in [2.45, 2.75) is 44.9 Å². The Morgan fingerprint density at radius 1 is 0.838 bits per heavy atom. The molecule has 4 N–H and O–H groups in total. The van der Waals surface area contributed by atoms with E-state index in [1.54, 1.807) is 31.5 Å². The van der Waals surface area contributed by atoms with Crippen LogP contribution in [0.4, 0.5) is 0 Å². The standard InChI is InChI=1S/C27H35N5O5/c1-19(18-33)25(35)26(36)24(34)17-31(2)27(37)20-9-10-23(30-13-20)16-32(14-21-7-3-5-11-28-21)15-22-8-4-6-12-29-22/h3-13,19,24-26,33-36H,14-18H2,1-2H3/t19-,24+,25-,26-/m1/s1. The number of pyridine rings is 3. The molecule has 1 amide bonds. The van der Waals surface area contributed by atoms with Gasteiger partial charge in [-0.05, 0) is 36.4 Å². The Morgan fingerprint density at radius 3 is 1.86 bits per heavy atom. The minimum atomic E-state index is -1.50. The molecule has 0 bridgehead atoms. The van der Waals surface area contributed by atoms with E-state index in [0.29, 0.717) is 25.2 Å². The molecule has 3 rings (SSSR count). The Labute approximate surface area is 216 Å². The van der Waals surface area contributed by atoms with Gasteiger partial charge in [0.2, 0.25) is 0 Å². The number of hydrogen-bond acceptors (Lipinski definition) is 9. The number of aromatic nitrogens is 3. The topological polar surface area (TPSA) is 143 Å². The van der Waals surface area contributed by atoms with Crippen LogP contribution >= 0.6 is 0 Å². The third-order valence-corrected chi connectivity index (χ3v) is 6.10. The van der Waals surface area contributed by atoms with Crippen molar-refractivity contribution >= 4 is 5.91 Å². The lowest BCUT2D eigenvalue weighted by molar-refractivity contribution is -0.0890. The van der Waals surface area contributed by atoms with E-state index in [1.165, 1.54) is 18.1 Å². The van der Waals surface area contributed by atoms with Gasteiger partial charge in [-0.3, -0.25) is 24.6 Å². The lowest BCUT2D eigenvalue weighted by Crippen LogP contribution is -2.47. The van der Waals surface area contributed by atoms with Crippen LogP contribution in [-0.4, -0.2) is 89.6 Å². The van der Waals surface area contributed by atoms with Crippen LogP contribution in [0.5, 0.6) is 0 Å². The first-order valence-electron chi connectivity index (χ1n) is 12.2. The van der Waals surface area contributed by atoms with E-state index < -0.39 is 24.2 Å². The maximum atomic E-state index is 12.8. The minimum Gasteiger partial charge on any atom is -0.396 e. The fraction of sp³-hybridized carbons (Fsp3) is 0.407. The van der Waals surface area contributed by atoms with Gasteiger partial charge >= 0.3 is 0 Å². The normalized spacial score (nSPS) is 14.7. The zero-order chi connectivity index (χ0) is 26.8. The molecule has 3 heterocycles. The summed E-state index contributed by atoms with van der Waals surface area (Å²) >= 11 is 0. The van der Waals surface area contributed by atoms with E-state index in [9.17, 15) is 20.1 Å². The SMILES string of the molecule is C[C@H](CO)[C@@H](O)[C@H](O)[C@@H](O)CN(C)C(=O)c1ccc(CN(Cc2ccccn2)Cc2ccccn2)nc1. The van der Waals surface area contributed by atoms with Crippen molar-refractivity contribution in [1.82, 2.24) is 24.8 Å². The second-order valence-electron chi connectivity index (χ2n) is 9.22. The molecule has 10 heteroatoms. The van der Waals surface area contributed by atoms with Crippen LogP contribution in [0.25, 0.3) is 0 Å². The molecule has 198 valence electrons. The van der Waals surface area contributed by atoms with Gasteiger partial charge in [-0.2, -0.15) is 0 Å². The number of aliphatic hydroxyl groups excluding tert-OH is 4. The molecule has 3 aromatic rings. The fourth-order valence-electron chi connectivity index (χ4n) is 3.85. The van der Waals surface area contributed by atoms with E-state index in [2.05, 4.69) is 19.9 Å². The number of rotatable bonds is 13. The number of nitrogens with zero attached hydrogens (tertiary/aromatic N) is 5. The summed E-state index contributed by atoms with van der Waals surface area (Å²) in [5, 5.41) is 39.6. The van der Waals surface area contributed by atoms with Gasteiger partial charge in [0.1, 0.15) is 6.10 Å². The van der Waals surface area contributed by atoms with E-state index in [-0.39, 0.29) is 19.1 Å². The van der Waals surface area contributed by atoms with Crippen molar-refractivity contribution in [3.63, 3.8) is 0 Å². The highest BCUT2D eigenvalue weighted by atomic mass is 16.4. The van der Waals surface area contributed by atoms with Crippen molar-refractivity contribution < 1.29 is 25.2 Å². The molecule has 0 aliphatic heterocycles. The summed E-state index contributed by atoms with van der Waals surface area (Å²) < 4.78 is 0. The number of carbonyl (C=O) groups is 1. The predicted molar refractivity (Wildman–Crippen MR) is 137 cm³/mol. The highest BCUT2D eigenvalue weighted by Crippen LogP contribution is 2.14. The number of aliphatic hydroxyl groups is 4. The van der Waals surface area contributed by atoms with Crippen LogP contribution in [-0.2, 0) is 19.6 Å². The van der Waals surface area contributed by atoms with Crippen LogP contribution in [0.1, 0.15) is 34.4 Å². The number of likely N-dealkylation sites (N-methyl/N-ethyl adjacent to an activating group) is 1. The van der Waals surface area contributed by atoms with Gasteiger partial charge in [0.05, 0.1) is 34.9 Å². The molecular formula is C27H35N5O5. The van der Waals surface area contributed by atoms with Gasteiger partial charge in [-0.25, -0.2) is 0 Å². The van der Waals surface area contributed by atoms with Gasteiger partial charge in [0.15, 0.2) is 0 Å². The highest BCUT2D eigenvalue weighted by molar-refractivity contribution is 5.93. The third-order valence-electron chi connectivity index (χ3n) is 6.10. The summed E-state index contributed by atoms with van der Waals surface area (Å²) in [7, 11) is 1.50. The van der Waals surface area contributed by atoms with Gasteiger partial charge in [-0.15, -0.1) is 0 Å². The second kappa shape index (κ2) is 13.9. The second-order valence-corrected chi connectivity index (χ2v) is 9.22. The van der Waals surface area contributed by atoms with Gasteiger partial charge in [0.25, 0.3) is 5.91 Å². The van der Waals surface area contributed by atoms with Crippen LogP contribution in [0.15, 0.2) is 67.1 Å². The summed E-state index contributed by atoms with van der Waals surface area (Å²) in [5.74, 6) is -0.994. The molecule has 10 nitrogen and oxygen atoms in total. The molecular weight excluding hydrogens is 474 g/mol. The Morgan fingerprint density at radius 2 is 1.41 bits per heavy atom. The lowest BCUT2D eigenvalue weighted by atomic mass is 9.97. The van der Waals surface area contributed by atoms with E-state index >= 15 is 0 Å². The molecule has 3 aromatic heterocycles. The van der Waals surface area contributed by atoms with E-state index in [1.807, 2.05) is 36.4 Å². The predicted octanol–water partition coefficient (Wildman–Crippen LogP) is 0.857. The first-order chi connectivity index (χ1) is 17.8. The summed E-state index contributed by atoms with van der Waals surface area (Å²) in [6.45, 7) is 2.74. The smallest absolute Gasteiger partial charge is 0.255 e. The third kappa shape index (κ3) is 8.38. The molecule has 0 aromatic carbocycles. The molecule has 0 radical (unpaired) electrons. The zero-order valence-corrected chi connectivity index (χ0v) is 21.1. The maximum Gasteiger partial charge on any atom is 0.255 e. The van der Waals surface area contributed by atoms with Crippen molar-refractivity contribution in [2.75, 3.05) is 20.2 Å². The van der Waals surface area contributed by atoms with Crippen molar-refractivity contribution in [2.24, 2.45) is 5.92 Å². The Hall–Kier alpha value is -3.28. The van der Waals surface area contributed by atoms with Crippen LogP contribution < -0.4 is 0 Å². The minimum absolute atomic E-state index is 0.196. The molecule has 0 aliphatic rings. The lowest BCUT2D eigenvalue weighted by Gasteiger charge is -2.29. The van der Waals surface area contributed by atoms with Crippen LogP contribution in [0.2, 0.25) is 0 Å². The number of carbonyl (C=O) groups excluding carboxylic acids is 1. The van der Waals surface area contributed by atoms with Crippen molar-refractivity contribution in [3.8, 4) is 0 Å². The van der Waals surface area contributed by atoms with Gasteiger partial charge in [0, 0.05) is 64.3 Å². The average Bonchev–Trinajstić information content (AvgIpc) is 2.92. The molecule has 0 saturated carbocycles. The molecule has 0 fully saturated rings. The average molecular weight is 510 g/mol. The summed E-state index contributed by atoms with van der Waals surface area (Å²) in [6.07, 6.45) is 0.809. The molecule has 37 heavy (non-hydrogen) atoms. The summed E-state index contributed by atoms with van der Waals surface area (Å²) in [6, 6.07) is 15.0. The molecule has 4 atom stereocenters. The Kier molecular flexibility index (Phi) is 10.6. The molecule has 0 unspecified atom stereocenters. The number of amides is 1. The largest absolute Gasteiger partial charge is 0.396 e. The number of hydrogen-bond donors (Lipinski definition) is 4. The van der Waals surface area contributed by atoms with Crippen LogP contribution in [0.3, 0.4) is 0 Å².